The van der Waals surface area contributed by atoms with Gasteiger partial charge in [0.05, 0.1) is 11.1 Å². The van der Waals surface area contributed by atoms with Gasteiger partial charge in [0.2, 0.25) is 0 Å². The number of hydrogen-bond donors (Lipinski definition) is 3. The molecule has 0 aliphatic heterocycles. The second kappa shape index (κ2) is 15.2. The molecule has 0 atom stereocenters. The third-order valence-electron chi connectivity index (χ3n) is 3.59. The number of unbranched alkanes of at least 4 members (excludes halogenated alkanes) is 6. The van der Waals surface area contributed by atoms with E-state index in [2.05, 4.69) is 12.2 Å². The van der Waals surface area contributed by atoms with Crippen molar-refractivity contribution in [3.8, 4) is 0 Å². The van der Waals surface area contributed by atoms with Gasteiger partial charge in [0.15, 0.2) is 0 Å². The monoisotopic (exact) mass is 355 g/mol. The second-order valence-electron chi connectivity index (χ2n) is 5.42. The summed E-state index contributed by atoms with van der Waals surface area (Å²) >= 11 is 0. The molecule has 0 bridgehead atoms. The van der Waals surface area contributed by atoms with E-state index in [9.17, 15) is 9.59 Å². The zero-order chi connectivity index (χ0) is 16.4. The summed E-state index contributed by atoms with van der Waals surface area (Å²) in [7, 11) is 0. The first kappa shape index (κ1) is 26.2. The topological polar surface area (TPSA) is 86.6 Å². The first-order chi connectivity index (χ1) is 10.6. The second-order valence-corrected chi connectivity index (χ2v) is 5.42. The summed E-state index contributed by atoms with van der Waals surface area (Å²) in [4.78, 5) is 22.0. The van der Waals surface area contributed by atoms with E-state index in [4.69, 9.17) is 10.2 Å². The van der Waals surface area contributed by atoms with E-state index < -0.39 is 11.9 Å². The number of anilines is 1. The number of aromatic carboxylic acids is 2. The Morgan fingerprint density at radius 3 is 1.96 bits per heavy atom. The molecule has 1 rings (SSSR count). The van der Waals surface area contributed by atoms with Gasteiger partial charge in [0, 0.05) is 12.2 Å². The van der Waals surface area contributed by atoms with Crippen molar-refractivity contribution in [3.05, 3.63) is 29.3 Å². The van der Waals surface area contributed by atoms with Crippen LogP contribution in [-0.4, -0.2) is 87.8 Å². The molecule has 0 saturated heterocycles. The van der Waals surface area contributed by atoms with E-state index in [1.807, 2.05) is 0 Å². The van der Waals surface area contributed by atoms with Gasteiger partial charge < -0.3 is 15.5 Å². The first-order valence-electron chi connectivity index (χ1n) is 7.90. The van der Waals surface area contributed by atoms with Gasteiger partial charge in [-0.05, 0) is 24.6 Å². The molecule has 1 aromatic rings. The zero-order valence-electron chi connectivity index (χ0n) is 13.1. The fourth-order valence-corrected chi connectivity index (χ4v) is 2.33. The van der Waals surface area contributed by atoms with Crippen LogP contribution in [0, 0.1) is 0 Å². The van der Waals surface area contributed by atoms with E-state index in [-0.39, 0.29) is 70.2 Å². The van der Waals surface area contributed by atoms with Crippen molar-refractivity contribution in [3.63, 3.8) is 0 Å². The van der Waals surface area contributed by atoms with Crippen molar-refractivity contribution in [2.45, 2.75) is 51.9 Å². The first-order valence-corrected chi connectivity index (χ1v) is 7.90. The van der Waals surface area contributed by atoms with Gasteiger partial charge in [-0.3, -0.25) is 0 Å². The number of rotatable bonds is 11. The predicted octanol–water partition coefficient (Wildman–Crippen LogP) is 2.95. The molecule has 0 aromatic heterocycles. The summed E-state index contributed by atoms with van der Waals surface area (Å²) in [5.41, 5.74) is 0.277. The number of hydrogen-bond acceptors (Lipinski definition) is 3. The summed E-state index contributed by atoms with van der Waals surface area (Å²) in [6, 6.07) is 4.32. The van der Waals surface area contributed by atoms with Crippen molar-refractivity contribution in [1.29, 1.82) is 0 Å². The molecule has 0 heterocycles. The van der Waals surface area contributed by atoms with Crippen LogP contribution in [0.2, 0.25) is 0 Å². The van der Waals surface area contributed by atoms with Crippen molar-refractivity contribution in [1.82, 2.24) is 0 Å². The minimum atomic E-state index is -1.23. The fourth-order valence-electron chi connectivity index (χ4n) is 2.33. The average molecular weight is 355 g/mol. The molecule has 0 fully saturated rings. The average Bonchev–Trinajstić information content (AvgIpc) is 2.49. The number of carboxylic acid groups (broad SMARTS) is 2. The standard InChI is InChI=1S/C17H25NO4.2Na.2H/c1-2-3-4-5-6-7-8-11-18-13-9-10-14(16(19)20)15(12-13)17(21)22;;;;/h9-10,12,18H,2-8,11H2,1H3,(H,19,20)(H,21,22);;;;. The number of nitrogens with one attached hydrogen (secondary N) is 1. The summed E-state index contributed by atoms with van der Waals surface area (Å²) in [5.74, 6) is -2.45. The molecule has 0 amide bonds. The van der Waals surface area contributed by atoms with Crippen LogP contribution in [0.15, 0.2) is 18.2 Å². The van der Waals surface area contributed by atoms with Crippen LogP contribution >= 0.6 is 0 Å². The molecule has 0 aliphatic carbocycles. The van der Waals surface area contributed by atoms with E-state index in [0.29, 0.717) is 5.69 Å². The molecule has 126 valence electrons. The zero-order valence-corrected chi connectivity index (χ0v) is 13.1. The molecule has 0 spiro atoms. The third kappa shape index (κ3) is 10.1. The van der Waals surface area contributed by atoms with Crippen LogP contribution in [0.5, 0.6) is 0 Å². The Hall–Kier alpha value is -0.0400. The molecule has 24 heavy (non-hydrogen) atoms. The van der Waals surface area contributed by atoms with Gasteiger partial charge in [0.1, 0.15) is 0 Å². The van der Waals surface area contributed by atoms with Crippen LogP contribution in [0.3, 0.4) is 0 Å². The summed E-state index contributed by atoms with van der Waals surface area (Å²) in [6.45, 7) is 2.96. The Morgan fingerprint density at radius 2 is 1.42 bits per heavy atom. The summed E-state index contributed by atoms with van der Waals surface area (Å²) < 4.78 is 0. The minimum absolute atomic E-state index is 0. The molecular weight excluding hydrogens is 328 g/mol. The van der Waals surface area contributed by atoms with Crippen LogP contribution in [-0.2, 0) is 0 Å². The SMILES string of the molecule is CCCCCCCCCNc1ccc(C(=O)O)c(C(=O)O)c1.[NaH].[NaH]. The Labute approximate surface area is 188 Å². The molecule has 0 aliphatic rings. The van der Waals surface area contributed by atoms with E-state index in [0.717, 1.165) is 19.4 Å². The Bertz CT molecular complexity index is 509. The van der Waals surface area contributed by atoms with Gasteiger partial charge in [-0.1, -0.05) is 45.4 Å². The number of benzene rings is 1. The van der Waals surface area contributed by atoms with E-state index in [1.165, 1.54) is 44.2 Å². The molecule has 7 heteroatoms. The molecule has 5 nitrogen and oxygen atoms in total. The quantitative estimate of drug-likeness (QED) is 0.420. The molecule has 1 aromatic carbocycles. The molecule has 3 N–H and O–H groups in total. The predicted molar refractivity (Wildman–Crippen MR) is 101 cm³/mol. The van der Waals surface area contributed by atoms with Crippen molar-refractivity contribution < 1.29 is 19.8 Å². The number of carboxylic acids is 2. The fraction of sp³-hybridized carbons (Fsp3) is 0.529. The van der Waals surface area contributed by atoms with Crippen molar-refractivity contribution in [2.75, 3.05) is 11.9 Å². The maximum atomic E-state index is 11.1. The van der Waals surface area contributed by atoms with Gasteiger partial charge >= 0.3 is 71.1 Å². The van der Waals surface area contributed by atoms with Crippen LogP contribution < -0.4 is 5.32 Å². The van der Waals surface area contributed by atoms with Crippen molar-refractivity contribution in [2.24, 2.45) is 0 Å². The van der Waals surface area contributed by atoms with E-state index in [1.54, 1.807) is 6.07 Å². The van der Waals surface area contributed by atoms with Crippen LogP contribution in [0.1, 0.15) is 72.6 Å². The Morgan fingerprint density at radius 1 is 0.875 bits per heavy atom. The van der Waals surface area contributed by atoms with Crippen LogP contribution in [0.25, 0.3) is 0 Å². The van der Waals surface area contributed by atoms with Crippen molar-refractivity contribution >= 4 is 76.7 Å². The molecule has 0 saturated carbocycles. The van der Waals surface area contributed by atoms with Gasteiger partial charge in [-0.25, -0.2) is 9.59 Å². The third-order valence-corrected chi connectivity index (χ3v) is 3.59. The normalized spacial score (nSPS) is 9.54. The van der Waals surface area contributed by atoms with Gasteiger partial charge in [0.25, 0.3) is 0 Å². The maximum absolute atomic E-state index is 11.1. The molecule has 0 unspecified atom stereocenters. The summed E-state index contributed by atoms with van der Waals surface area (Å²) in [6.07, 6.45) is 8.50. The molecule has 0 radical (unpaired) electrons. The Kier molecular flexibility index (Phi) is 16.6. The number of carbonyl (C=O) groups is 2. The van der Waals surface area contributed by atoms with Crippen LogP contribution in [0.4, 0.5) is 5.69 Å². The van der Waals surface area contributed by atoms with E-state index >= 15 is 0 Å². The summed E-state index contributed by atoms with van der Waals surface area (Å²) in [5, 5.41) is 21.2. The van der Waals surface area contributed by atoms with Gasteiger partial charge in [-0.15, -0.1) is 0 Å². The van der Waals surface area contributed by atoms with Gasteiger partial charge in [-0.2, -0.15) is 0 Å². The molecular formula is C17H27NNa2O4. The Balaban J connectivity index is 0.